The first-order valence-electron chi connectivity index (χ1n) is 6.45. The number of hydrogen-bond donors (Lipinski definition) is 3. The van der Waals surface area contributed by atoms with Gasteiger partial charge in [-0.15, -0.1) is 0 Å². The highest BCUT2D eigenvalue weighted by molar-refractivity contribution is 5.94. The summed E-state index contributed by atoms with van der Waals surface area (Å²) in [6.45, 7) is 1.90. The second kappa shape index (κ2) is 6.21. The number of carboxylic acid groups (broad SMARTS) is 1. The summed E-state index contributed by atoms with van der Waals surface area (Å²) in [6.07, 6.45) is 2.02. The molecule has 0 radical (unpaired) electrons. The van der Waals surface area contributed by atoms with Crippen LogP contribution in [0, 0.1) is 5.82 Å². The van der Waals surface area contributed by atoms with E-state index >= 15 is 0 Å². The van der Waals surface area contributed by atoms with Crippen LogP contribution in [0.1, 0.15) is 22.8 Å². The number of carboxylic acids is 1. The molecular weight excluding hydrogens is 273 g/mol. The summed E-state index contributed by atoms with van der Waals surface area (Å²) in [4.78, 5) is 15.2. The van der Waals surface area contributed by atoms with E-state index in [0.717, 1.165) is 5.56 Å². The third-order valence-electron chi connectivity index (χ3n) is 2.98. The summed E-state index contributed by atoms with van der Waals surface area (Å²) in [7, 11) is 0. The topological polar surface area (TPSA) is 88.2 Å². The Morgan fingerprint density at radius 1 is 1.43 bits per heavy atom. The van der Waals surface area contributed by atoms with Gasteiger partial charge in [0.25, 0.3) is 0 Å². The second-order valence-corrected chi connectivity index (χ2v) is 4.85. The van der Waals surface area contributed by atoms with E-state index in [1.807, 2.05) is 6.92 Å². The minimum absolute atomic E-state index is 0.0287. The summed E-state index contributed by atoms with van der Waals surface area (Å²) in [5.41, 5.74) is 6.82. The van der Waals surface area contributed by atoms with Crippen LogP contribution < -0.4 is 11.1 Å². The molecule has 0 fully saturated rings. The van der Waals surface area contributed by atoms with Gasteiger partial charge in [0.15, 0.2) is 0 Å². The number of aromatic carboxylic acids is 1. The van der Waals surface area contributed by atoms with Crippen LogP contribution in [0.25, 0.3) is 0 Å². The molecule has 0 saturated heterocycles. The molecule has 1 atom stereocenters. The number of nitrogens with one attached hydrogen (secondary N) is 1. The fourth-order valence-electron chi connectivity index (χ4n) is 2.02. The van der Waals surface area contributed by atoms with E-state index in [0.29, 0.717) is 12.1 Å². The number of nitrogens with zero attached hydrogens (tertiary/aromatic N) is 1. The van der Waals surface area contributed by atoms with Crippen molar-refractivity contribution in [3.63, 3.8) is 0 Å². The van der Waals surface area contributed by atoms with Gasteiger partial charge in [-0.2, -0.15) is 0 Å². The van der Waals surface area contributed by atoms with Crippen LogP contribution in [0.4, 0.5) is 15.9 Å². The molecule has 1 aromatic heterocycles. The Balaban J connectivity index is 2.10. The number of nitrogens with two attached hydrogens (primary N) is 1. The van der Waals surface area contributed by atoms with Gasteiger partial charge >= 0.3 is 5.97 Å². The predicted molar refractivity (Wildman–Crippen MR) is 78.8 cm³/mol. The summed E-state index contributed by atoms with van der Waals surface area (Å²) in [5, 5.41) is 12.2. The summed E-state index contributed by atoms with van der Waals surface area (Å²) < 4.78 is 12.8. The van der Waals surface area contributed by atoms with E-state index in [2.05, 4.69) is 10.3 Å². The van der Waals surface area contributed by atoms with Crippen LogP contribution in [0.5, 0.6) is 0 Å². The third kappa shape index (κ3) is 3.92. The van der Waals surface area contributed by atoms with E-state index in [1.165, 1.54) is 24.4 Å². The molecule has 1 unspecified atom stereocenters. The number of aromatic nitrogens is 1. The predicted octanol–water partition coefficient (Wildman–Crippen LogP) is 2.54. The number of rotatable bonds is 5. The van der Waals surface area contributed by atoms with Crippen LogP contribution in [0.15, 0.2) is 36.5 Å². The lowest BCUT2D eigenvalue weighted by Gasteiger charge is -2.16. The van der Waals surface area contributed by atoms with Crippen molar-refractivity contribution < 1.29 is 14.3 Å². The average Bonchev–Trinajstić information content (AvgIpc) is 2.43. The van der Waals surface area contributed by atoms with E-state index in [-0.39, 0.29) is 23.2 Å². The summed E-state index contributed by atoms with van der Waals surface area (Å²) in [6, 6.07) is 7.48. The SMILES string of the molecule is CC(Cc1ccc(F)cc1)Nc1ncc(N)cc1C(=O)O. The first-order valence-corrected chi connectivity index (χ1v) is 6.45. The molecule has 4 N–H and O–H groups in total. The van der Waals surface area contributed by atoms with Crippen molar-refractivity contribution in [1.82, 2.24) is 4.98 Å². The minimum Gasteiger partial charge on any atom is -0.478 e. The maximum absolute atomic E-state index is 12.8. The van der Waals surface area contributed by atoms with Crippen molar-refractivity contribution in [1.29, 1.82) is 0 Å². The molecule has 110 valence electrons. The molecule has 2 aromatic rings. The van der Waals surface area contributed by atoms with Gasteiger partial charge in [0.2, 0.25) is 0 Å². The standard InChI is InChI=1S/C15H16FN3O2/c1-9(6-10-2-4-11(16)5-3-10)19-14-13(15(20)21)7-12(17)8-18-14/h2-5,7-9H,6,17H2,1H3,(H,18,19)(H,20,21). The van der Waals surface area contributed by atoms with Gasteiger partial charge in [-0.1, -0.05) is 12.1 Å². The number of pyridine rings is 1. The Labute approximate surface area is 121 Å². The Bertz CT molecular complexity index is 644. The van der Waals surface area contributed by atoms with Crippen LogP contribution in [0.3, 0.4) is 0 Å². The quantitative estimate of drug-likeness (QED) is 0.787. The summed E-state index contributed by atoms with van der Waals surface area (Å²) in [5.74, 6) is -1.11. The van der Waals surface area contributed by atoms with Crippen LogP contribution >= 0.6 is 0 Å². The van der Waals surface area contributed by atoms with Crippen molar-refractivity contribution in [3.05, 3.63) is 53.5 Å². The number of benzene rings is 1. The molecule has 5 nitrogen and oxygen atoms in total. The largest absolute Gasteiger partial charge is 0.478 e. The molecule has 21 heavy (non-hydrogen) atoms. The molecule has 0 amide bonds. The zero-order chi connectivity index (χ0) is 15.4. The molecule has 0 aliphatic rings. The van der Waals surface area contributed by atoms with Crippen molar-refractivity contribution in [2.24, 2.45) is 0 Å². The zero-order valence-corrected chi connectivity index (χ0v) is 11.5. The number of hydrogen-bond acceptors (Lipinski definition) is 4. The van der Waals surface area contributed by atoms with Gasteiger partial charge in [0.05, 0.1) is 11.9 Å². The Morgan fingerprint density at radius 3 is 2.71 bits per heavy atom. The van der Waals surface area contributed by atoms with Gasteiger partial charge in [-0.25, -0.2) is 14.2 Å². The molecule has 2 rings (SSSR count). The smallest absolute Gasteiger partial charge is 0.339 e. The number of halogens is 1. The second-order valence-electron chi connectivity index (χ2n) is 4.85. The van der Waals surface area contributed by atoms with E-state index < -0.39 is 5.97 Å². The number of carbonyl (C=O) groups is 1. The van der Waals surface area contributed by atoms with Crippen LogP contribution in [-0.4, -0.2) is 22.1 Å². The molecule has 6 heteroatoms. The fraction of sp³-hybridized carbons (Fsp3) is 0.200. The molecular formula is C15H16FN3O2. The normalized spacial score (nSPS) is 11.9. The molecule has 0 spiro atoms. The molecule has 1 aromatic carbocycles. The van der Waals surface area contributed by atoms with E-state index in [1.54, 1.807) is 12.1 Å². The fourth-order valence-corrected chi connectivity index (χ4v) is 2.02. The minimum atomic E-state index is -1.09. The molecule has 0 aliphatic heterocycles. The molecule has 0 bridgehead atoms. The first kappa shape index (κ1) is 14.8. The van der Waals surface area contributed by atoms with E-state index in [9.17, 15) is 9.18 Å². The molecule has 0 saturated carbocycles. The van der Waals surface area contributed by atoms with Crippen molar-refractivity contribution in [2.75, 3.05) is 11.1 Å². The Hall–Kier alpha value is -2.63. The van der Waals surface area contributed by atoms with Gasteiger partial charge in [-0.3, -0.25) is 0 Å². The molecule has 0 aliphatic carbocycles. The lowest BCUT2D eigenvalue weighted by Crippen LogP contribution is -2.21. The maximum Gasteiger partial charge on any atom is 0.339 e. The highest BCUT2D eigenvalue weighted by atomic mass is 19.1. The van der Waals surface area contributed by atoms with Crippen LogP contribution in [0.2, 0.25) is 0 Å². The Kier molecular flexibility index (Phi) is 4.37. The van der Waals surface area contributed by atoms with Crippen LogP contribution in [-0.2, 0) is 6.42 Å². The van der Waals surface area contributed by atoms with Gasteiger partial charge in [0.1, 0.15) is 17.2 Å². The molecule has 1 heterocycles. The van der Waals surface area contributed by atoms with Crippen molar-refractivity contribution in [2.45, 2.75) is 19.4 Å². The van der Waals surface area contributed by atoms with Crippen molar-refractivity contribution in [3.8, 4) is 0 Å². The van der Waals surface area contributed by atoms with Gasteiger partial charge in [0, 0.05) is 6.04 Å². The van der Waals surface area contributed by atoms with Gasteiger partial charge < -0.3 is 16.2 Å². The number of nitrogen functional groups attached to an aromatic ring is 1. The highest BCUT2D eigenvalue weighted by Gasteiger charge is 2.14. The third-order valence-corrected chi connectivity index (χ3v) is 2.98. The number of anilines is 2. The first-order chi connectivity index (χ1) is 9.95. The average molecular weight is 289 g/mol. The Morgan fingerprint density at radius 2 is 2.10 bits per heavy atom. The highest BCUT2D eigenvalue weighted by Crippen LogP contribution is 2.17. The summed E-state index contributed by atoms with van der Waals surface area (Å²) >= 11 is 0. The lowest BCUT2D eigenvalue weighted by molar-refractivity contribution is 0.0697. The van der Waals surface area contributed by atoms with E-state index in [4.69, 9.17) is 10.8 Å². The zero-order valence-electron chi connectivity index (χ0n) is 11.5. The lowest BCUT2D eigenvalue weighted by atomic mass is 10.1. The monoisotopic (exact) mass is 289 g/mol. The maximum atomic E-state index is 12.8. The van der Waals surface area contributed by atoms with Crippen molar-refractivity contribution >= 4 is 17.5 Å². The van der Waals surface area contributed by atoms with Gasteiger partial charge in [-0.05, 0) is 37.1 Å².